The van der Waals surface area contributed by atoms with Crippen molar-refractivity contribution in [3.63, 3.8) is 0 Å². The highest BCUT2D eigenvalue weighted by molar-refractivity contribution is 5.80. The van der Waals surface area contributed by atoms with Crippen LogP contribution in [-0.2, 0) is 4.79 Å². The molecule has 4 rings (SSSR count). The number of hydrogen-bond acceptors (Lipinski definition) is 2. The number of aliphatic hydroxyl groups is 1. The number of hydrogen-bond donors (Lipinski definition) is 1. The van der Waals surface area contributed by atoms with Crippen molar-refractivity contribution in [1.29, 1.82) is 0 Å². The van der Waals surface area contributed by atoms with E-state index in [1.807, 2.05) is 0 Å². The van der Waals surface area contributed by atoms with E-state index in [-0.39, 0.29) is 5.41 Å². The quantitative estimate of drug-likeness (QED) is 0.694. The van der Waals surface area contributed by atoms with Gasteiger partial charge in [0, 0.05) is 12.8 Å². The molecule has 2 nitrogen and oxygen atoms in total. The molecule has 0 radical (unpaired) electrons. The molecule has 0 saturated heterocycles. The summed E-state index contributed by atoms with van der Waals surface area (Å²) < 4.78 is 0. The number of carbonyl (C=O) groups excluding carboxylic acids is 1. The van der Waals surface area contributed by atoms with E-state index < -0.39 is 5.60 Å². The van der Waals surface area contributed by atoms with Gasteiger partial charge in [-0.05, 0) is 84.9 Å². The summed E-state index contributed by atoms with van der Waals surface area (Å²) in [5.41, 5.74) is -0.0287. The van der Waals surface area contributed by atoms with Crippen LogP contribution in [-0.4, -0.2) is 16.5 Å². The van der Waals surface area contributed by atoms with Crippen molar-refractivity contribution < 1.29 is 9.90 Å². The Morgan fingerprint density at radius 3 is 2.46 bits per heavy atom. The molecule has 0 heterocycles. The molecule has 2 heteroatoms. The molecule has 0 unspecified atom stereocenters. The third kappa shape index (κ3) is 2.23. The van der Waals surface area contributed by atoms with Gasteiger partial charge in [0.25, 0.3) is 0 Å². The molecule has 148 valence electrons. The van der Waals surface area contributed by atoms with E-state index in [9.17, 15) is 9.90 Å². The summed E-state index contributed by atoms with van der Waals surface area (Å²) in [6.45, 7) is 11.8. The van der Waals surface area contributed by atoms with Gasteiger partial charge in [-0.3, -0.25) is 4.79 Å². The molecule has 26 heavy (non-hydrogen) atoms. The lowest BCUT2D eigenvalue weighted by atomic mass is 9.42. The van der Waals surface area contributed by atoms with Crippen LogP contribution < -0.4 is 0 Å². The van der Waals surface area contributed by atoms with Crippen LogP contribution >= 0.6 is 0 Å². The molecule has 0 aromatic carbocycles. The molecule has 0 aliphatic heterocycles. The maximum atomic E-state index is 12.2. The smallest absolute Gasteiger partial charge is 0.133 e. The van der Waals surface area contributed by atoms with E-state index in [0.29, 0.717) is 34.9 Å². The number of Topliss-reactive ketones (excluding diaryl/α,β-unsaturated/α-hetero) is 1. The van der Waals surface area contributed by atoms with Gasteiger partial charge in [-0.25, -0.2) is 0 Å². The van der Waals surface area contributed by atoms with Crippen LogP contribution in [0.3, 0.4) is 0 Å². The van der Waals surface area contributed by atoms with Crippen LogP contribution in [0.25, 0.3) is 0 Å². The first kappa shape index (κ1) is 19.0. The van der Waals surface area contributed by atoms with Crippen LogP contribution in [0.15, 0.2) is 0 Å². The fourth-order valence-corrected chi connectivity index (χ4v) is 8.68. The third-order valence-corrected chi connectivity index (χ3v) is 10.7. The van der Waals surface area contributed by atoms with Gasteiger partial charge in [0.15, 0.2) is 0 Å². The van der Waals surface area contributed by atoms with Gasteiger partial charge in [0.1, 0.15) is 5.78 Å². The van der Waals surface area contributed by atoms with Crippen LogP contribution in [0.5, 0.6) is 0 Å². The second-order valence-corrected chi connectivity index (χ2v) is 11.1. The zero-order valence-electron chi connectivity index (χ0n) is 17.7. The Labute approximate surface area is 160 Å². The van der Waals surface area contributed by atoms with Crippen LogP contribution in [0.4, 0.5) is 0 Å². The Bertz CT molecular complexity index is 585. The van der Waals surface area contributed by atoms with Crippen molar-refractivity contribution in [3.8, 4) is 0 Å². The van der Waals surface area contributed by atoms with Crippen molar-refractivity contribution in [1.82, 2.24) is 0 Å². The molecule has 4 aliphatic rings. The number of ketones is 1. The van der Waals surface area contributed by atoms with Gasteiger partial charge in [-0.15, -0.1) is 0 Å². The molecule has 4 aliphatic carbocycles. The Balaban J connectivity index is 1.66. The minimum atomic E-state index is -0.469. The minimum Gasteiger partial charge on any atom is -0.389 e. The first-order valence-electron chi connectivity index (χ1n) is 11.4. The van der Waals surface area contributed by atoms with Gasteiger partial charge in [0.2, 0.25) is 0 Å². The van der Waals surface area contributed by atoms with Gasteiger partial charge in [-0.1, -0.05) is 41.0 Å². The number of fused-ring (bicyclic) bond motifs is 5. The molecular formula is C24H40O2. The summed E-state index contributed by atoms with van der Waals surface area (Å²) in [5.74, 6) is 4.26. The molecular weight excluding hydrogens is 320 g/mol. The molecule has 1 N–H and O–H groups in total. The molecule has 4 fully saturated rings. The summed E-state index contributed by atoms with van der Waals surface area (Å²) in [6, 6.07) is 0. The van der Waals surface area contributed by atoms with Gasteiger partial charge >= 0.3 is 0 Å². The first-order valence-corrected chi connectivity index (χ1v) is 11.4. The molecule has 0 aromatic heterocycles. The average molecular weight is 361 g/mol. The van der Waals surface area contributed by atoms with E-state index in [2.05, 4.69) is 34.6 Å². The third-order valence-electron chi connectivity index (χ3n) is 10.7. The van der Waals surface area contributed by atoms with E-state index in [0.717, 1.165) is 37.5 Å². The second kappa shape index (κ2) is 6.06. The van der Waals surface area contributed by atoms with Crippen molar-refractivity contribution in [3.05, 3.63) is 0 Å². The van der Waals surface area contributed by atoms with Crippen molar-refractivity contribution in [2.75, 3.05) is 0 Å². The Morgan fingerprint density at radius 1 is 1.08 bits per heavy atom. The molecule has 0 spiro atoms. The highest BCUT2D eigenvalue weighted by atomic mass is 16.3. The lowest BCUT2D eigenvalue weighted by Gasteiger charge is -2.63. The average Bonchev–Trinajstić information content (AvgIpc) is 2.88. The maximum Gasteiger partial charge on any atom is 0.133 e. The van der Waals surface area contributed by atoms with E-state index in [4.69, 9.17) is 0 Å². The first-order chi connectivity index (χ1) is 12.2. The summed E-state index contributed by atoms with van der Waals surface area (Å²) in [4.78, 5) is 12.2. The second-order valence-electron chi connectivity index (χ2n) is 11.1. The highest BCUT2D eigenvalue weighted by Gasteiger charge is 2.66. The fourth-order valence-electron chi connectivity index (χ4n) is 8.68. The van der Waals surface area contributed by atoms with Gasteiger partial charge < -0.3 is 5.11 Å². The summed E-state index contributed by atoms with van der Waals surface area (Å²) in [6.07, 6.45) is 9.91. The number of carbonyl (C=O) groups is 1. The van der Waals surface area contributed by atoms with Crippen molar-refractivity contribution in [2.45, 2.75) is 98.0 Å². The normalized spacial score (nSPS) is 55.0. The minimum absolute atomic E-state index is 0.0977. The van der Waals surface area contributed by atoms with Crippen LogP contribution in [0.1, 0.15) is 92.4 Å². The molecule has 4 saturated carbocycles. The van der Waals surface area contributed by atoms with E-state index in [1.54, 1.807) is 0 Å². The Hall–Kier alpha value is -0.370. The molecule has 0 amide bonds. The predicted octanol–water partition coefficient (Wildman–Crippen LogP) is 5.62. The molecule has 9 atom stereocenters. The van der Waals surface area contributed by atoms with E-state index >= 15 is 0 Å². The zero-order valence-corrected chi connectivity index (χ0v) is 17.7. The monoisotopic (exact) mass is 360 g/mol. The molecule has 0 bridgehead atoms. The SMILES string of the molecule is CC[C@H](C)[C@]1(O)CC[C@H]2[C@@H]3CC[C@H]4CC(=O)C[C@H](C)[C@]4(C)[C@H]3CC[C@@]21C. The van der Waals surface area contributed by atoms with Gasteiger partial charge in [-0.2, -0.15) is 0 Å². The summed E-state index contributed by atoms with van der Waals surface area (Å²) in [7, 11) is 0. The Morgan fingerprint density at radius 2 is 1.77 bits per heavy atom. The standard InChI is InChI=1S/C24H40O2/c1-6-15(2)24(26)12-10-20-19-8-7-17-14-18(25)13-16(3)23(17,5)21(19)9-11-22(20,24)4/h15-17,19-21,26H,6-14H2,1-5H3/t15-,16-,17-,19-,20-,21-,22-,23-,24+/m0/s1. The molecule has 0 aromatic rings. The zero-order chi connectivity index (χ0) is 18.9. The lowest BCUT2D eigenvalue weighted by Crippen LogP contribution is -2.59. The van der Waals surface area contributed by atoms with Gasteiger partial charge in [0.05, 0.1) is 5.60 Å². The lowest BCUT2D eigenvalue weighted by molar-refractivity contribution is -0.179. The highest BCUT2D eigenvalue weighted by Crippen LogP contribution is 2.69. The van der Waals surface area contributed by atoms with Crippen molar-refractivity contribution in [2.24, 2.45) is 46.3 Å². The maximum absolute atomic E-state index is 12.2. The summed E-state index contributed by atoms with van der Waals surface area (Å²) >= 11 is 0. The topological polar surface area (TPSA) is 37.3 Å². The van der Waals surface area contributed by atoms with Crippen molar-refractivity contribution >= 4 is 5.78 Å². The Kier molecular flexibility index (Phi) is 4.42. The van der Waals surface area contributed by atoms with E-state index in [1.165, 1.54) is 32.1 Å². The van der Waals surface area contributed by atoms with Crippen LogP contribution in [0.2, 0.25) is 0 Å². The number of rotatable bonds is 2. The summed E-state index contributed by atoms with van der Waals surface area (Å²) in [5, 5.41) is 11.7. The predicted molar refractivity (Wildman–Crippen MR) is 106 cm³/mol. The largest absolute Gasteiger partial charge is 0.389 e. The van der Waals surface area contributed by atoms with Crippen LogP contribution in [0, 0.1) is 46.3 Å². The fraction of sp³-hybridized carbons (Fsp3) is 0.958.